The molecule has 1 aromatic heterocycles. The predicted octanol–water partition coefficient (Wildman–Crippen LogP) is -0.0379. The van der Waals surface area contributed by atoms with E-state index in [9.17, 15) is 10.1 Å². The van der Waals surface area contributed by atoms with E-state index >= 15 is 0 Å². The van der Waals surface area contributed by atoms with E-state index < -0.39 is 0 Å². The molecule has 6 heteroatoms. The van der Waals surface area contributed by atoms with Crippen molar-refractivity contribution in [2.24, 2.45) is 0 Å². The smallest absolute Gasteiger partial charge is 0.280 e. The second-order valence-electron chi connectivity index (χ2n) is 5.26. The lowest BCUT2D eigenvalue weighted by molar-refractivity contribution is -0.899. The van der Waals surface area contributed by atoms with Gasteiger partial charge in [0.15, 0.2) is 6.54 Å². The summed E-state index contributed by atoms with van der Waals surface area (Å²) in [5.41, 5.74) is 1.85. The van der Waals surface area contributed by atoms with Gasteiger partial charge in [0.25, 0.3) is 5.91 Å². The molecule has 1 saturated heterocycles. The van der Waals surface area contributed by atoms with Crippen LogP contribution in [0, 0.1) is 11.3 Å². The van der Waals surface area contributed by atoms with E-state index in [4.69, 9.17) is 4.74 Å². The van der Waals surface area contributed by atoms with E-state index in [1.807, 2.05) is 0 Å². The molecule has 2 N–H and O–H groups in total. The molecule has 0 spiro atoms. The molecule has 106 valence electrons. The van der Waals surface area contributed by atoms with Crippen molar-refractivity contribution in [1.29, 1.82) is 5.26 Å². The first-order valence-corrected chi connectivity index (χ1v) is 7.85. The number of fused-ring (bicyclic) bond motifs is 1. The fourth-order valence-electron chi connectivity index (χ4n) is 2.85. The van der Waals surface area contributed by atoms with Crippen molar-refractivity contribution in [3.63, 3.8) is 0 Å². The van der Waals surface area contributed by atoms with E-state index in [0.717, 1.165) is 56.1 Å². The molecule has 1 fully saturated rings. The zero-order chi connectivity index (χ0) is 13.9. The van der Waals surface area contributed by atoms with Crippen molar-refractivity contribution >= 4 is 22.2 Å². The van der Waals surface area contributed by atoms with Gasteiger partial charge in [0, 0.05) is 4.88 Å². The zero-order valence-corrected chi connectivity index (χ0v) is 12.1. The van der Waals surface area contributed by atoms with Gasteiger partial charge in [0.1, 0.15) is 24.2 Å². The van der Waals surface area contributed by atoms with Gasteiger partial charge in [-0.2, -0.15) is 5.26 Å². The number of nitrogens with zero attached hydrogens (tertiary/aromatic N) is 1. The summed E-state index contributed by atoms with van der Waals surface area (Å²) in [6.07, 6.45) is 3.14. The first-order valence-electron chi connectivity index (χ1n) is 7.03. The number of rotatable bonds is 3. The summed E-state index contributed by atoms with van der Waals surface area (Å²) in [6.45, 7) is 3.65. The number of hydrogen-bond acceptors (Lipinski definition) is 4. The first kappa shape index (κ1) is 13.6. The molecule has 0 atom stereocenters. The van der Waals surface area contributed by atoms with Crippen LogP contribution in [0.15, 0.2) is 0 Å². The fourth-order valence-corrected chi connectivity index (χ4v) is 4.10. The molecule has 0 aromatic carbocycles. The van der Waals surface area contributed by atoms with Gasteiger partial charge in [0.2, 0.25) is 0 Å². The Morgan fingerprint density at radius 2 is 2.20 bits per heavy atom. The molecule has 2 aliphatic rings. The molecular formula is C14H18N3O2S+. The lowest BCUT2D eigenvalue weighted by Crippen LogP contribution is -3.15. The molecule has 1 aliphatic heterocycles. The third-order valence-electron chi connectivity index (χ3n) is 3.90. The number of carbonyl (C=O) groups excluding carboxylic acids is 1. The lowest BCUT2D eigenvalue weighted by atomic mass is 10.1. The molecule has 1 aliphatic carbocycles. The summed E-state index contributed by atoms with van der Waals surface area (Å²) in [6, 6.07) is 2.25. The topological polar surface area (TPSA) is 66.6 Å². The number of quaternary nitrogens is 1. The minimum atomic E-state index is -0.00155. The van der Waals surface area contributed by atoms with Crippen LogP contribution >= 0.6 is 11.3 Å². The second-order valence-corrected chi connectivity index (χ2v) is 6.37. The Kier molecular flexibility index (Phi) is 4.01. The third-order valence-corrected chi connectivity index (χ3v) is 5.10. The van der Waals surface area contributed by atoms with Crippen molar-refractivity contribution < 1.29 is 14.4 Å². The van der Waals surface area contributed by atoms with Crippen LogP contribution in [-0.2, 0) is 22.4 Å². The molecule has 0 radical (unpaired) electrons. The van der Waals surface area contributed by atoms with E-state index in [-0.39, 0.29) is 5.91 Å². The average molecular weight is 292 g/mol. The Balaban J connectivity index is 1.65. The van der Waals surface area contributed by atoms with Gasteiger partial charge >= 0.3 is 0 Å². The quantitative estimate of drug-likeness (QED) is 0.822. The summed E-state index contributed by atoms with van der Waals surface area (Å²) in [5.74, 6) is -0.00155. The van der Waals surface area contributed by atoms with Crippen LogP contribution in [0.4, 0.5) is 5.00 Å². The molecule has 20 heavy (non-hydrogen) atoms. The molecule has 2 heterocycles. The van der Waals surface area contributed by atoms with Crippen LogP contribution in [0.2, 0.25) is 0 Å². The number of carbonyl (C=O) groups is 1. The maximum absolute atomic E-state index is 12.1. The predicted molar refractivity (Wildman–Crippen MR) is 76.1 cm³/mol. The Bertz CT molecular complexity index is 556. The lowest BCUT2D eigenvalue weighted by Gasteiger charge is -2.22. The Morgan fingerprint density at radius 1 is 1.40 bits per heavy atom. The van der Waals surface area contributed by atoms with Crippen molar-refractivity contribution in [1.82, 2.24) is 0 Å². The van der Waals surface area contributed by atoms with E-state index in [1.54, 1.807) is 11.3 Å². The van der Waals surface area contributed by atoms with Crippen LogP contribution < -0.4 is 10.2 Å². The summed E-state index contributed by atoms with van der Waals surface area (Å²) in [4.78, 5) is 14.6. The fraction of sp³-hybridized carbons (Fsp3) is 0.571. The van der Waals surface area contributed by atoms with E-state index in [2.05, 4.69) is 11.4 Å². The number of nitriles is 1. The molecular weight excluding hydrogens is 274 g/mol. The number of hydrogen-bond donors (Lipinski definition) is 2. The molecule has 0 saturated carbocycles. The molecule has 0 unspecified atom stereocenters. The number of nitrogens with one attached hydrogen (secondary N) is 2. The highest BCUT2D eigenvalue weighted by atomic mass is 32.1. The number of ether oxygens (including phenoxy) is 1. The van der Waals surface area contributed by atoms with Crippen LogP contribution in [0.25, 0.3) is 0 Å². The number of aryl methyl sites for hydroxylation is 1. The molecule has 1 amide bonds. The third kappa shape index (κ3) is 2.70. The number of amides is 1. The monoisotopic (exact) mass is 292 g/mol. The van der Waals surface area contributed by atoms with Crippen molar-refractivity contribution in [2.45, 2.75) is 19.3 Å². The maximum Gasteiger partial charge on any atom is 0.280 e. The highest BCUT2D eigenvalue weighted by molar-refractivity contribution is 7.16. The van der Waals surface area contributed by atoms with Gasteiger partial charge in [0.05, 0.1) is 18.8 Å². The van der Waals surface area contributed by atoms with Crippen LogP contribution in [0.3, 0.4) is 0 Å². The second kappa shape index (κ2) is 5.92. The maximum atomic E-state index is 12.1. The largest absolute Gasteiger partial charge is 0.370 e. The zero-order valence-electron chi connectivity index (χ0n) is 11.3. The highest BCUT2D eigenvalue weighted by Gasteiger charge is 2.24. The van der Waals surface area contributed by atoms with Crippen LogP contribution in [0.5, 0.6) is 0 Å². The Hall–Kier alpha value is -1.42. The van der Waals surface area contributed by atoms with Gasteiger partial charge in [-0.05, 0) is 24.8 Å². The number of anilines is 1. The Morgan fingerprint density at radius 3 is 2.95 bits per heavy atom. The molecule has 5 nitrogen and oxygen atoms in total. The molecule has 1 aromatic rings. The van der Waals surface area contributed by atoms with Gasteiger partial charge in [-0.1, -0.05) is 0 Å². The minimum Gasteiger partial charge on any atom is -0.370 e. The van der Waals surface area contributed by atoms with E-state index in [0.29, 0.717) is 12.1 Å². The number of thiophene rings is 1. The summed E-state index contributed by atoms with van der Waals surface area (Å²) in [5, 5.41) is 13.0. The van der Waals surface area contributed by atoms with E-state index in [1.165, 1.54) is 9.78 Å². The van der Waals surface area contributed by atoms with Crippen LogP contribution in [0.1, 0.15) is 22.4 Å². The van der Waals surface area contributed by atoms with Crippen LogP contribution in [-0.4, -0.2) is 38.8 Å². The average Bonchev–Trinajstić information content (AvgIpc) is 3.00. The molecule has 0 bridgehead atoms. The van der Waals surface area contributed by atoms with Crippen molar-refractivity contribution in [3.05, 3.63) is 16.0 Å². The molecule has 3 rings (SSSR count). The van der Waals surface area contributed by atoms with Crippen molar-refractivity contribution in [3.8, 4) is 6.07 Å². The SMILES string of the molecule is N#Cc1c(NC(=O)C[NH+]2CCOCC2)sc2c1CCC2. The van der Waals surface area contributed by atoms with Gasteiger partial charge in [-0.3, -0.25) is 4.79 Å². The standard InChI is InChI=1S/C14H17N3O2S/c15-8-11-10-2-1-3-12(10)20-14(11)16-13(18)9-17-4-6-19-7-5-17/h1-7,9H2,(H,16,18)/p+1. The Labute approximate surface area is 122 Å². The number of morpholine rings is 1. The summed E-state index contributed by atoms with van der Waals surface area (Å²) in [7, 11) is 0. The van der Waals surface area contributed by atoms with Gasteiger partial charge in [-0.15, -0.1) is 11.3 Å². The van der Waals surface area contributed by atoms with Gasteiger partial charge < -0.3 is 15.0 Å². The van der Waals surface area contributed by atoms with Gasteiger partial charge in [-0.25, -0.2) is 0 Å². The minimum absolute atomic E-state index is 0.00155. The highest BCUT2D eigenvalue weighted by Crippen LogP contribution is 2.38. The summed E-state index contributed by atoms with van der Waals surface area (Å²) < 4.78 is 5.28. The van der Waals surface area contributed by atoms with Crippen molar-refractivity contribution in [2.75, 3.05) is 38.2 Å². The normalized spacial score (nSPS) is 18.6. The summed E-state index contributed by atoms with van der Waals surface area (Å²) >= 11 is 1.58. The first-order chi connectivity index (χ1) is 9.78.